The van der Waals surface area contributed by atoms with Crippen LogP contribution in [0.2, 0.25) is 0 Å². The number of hydrogen-bond donors (Lipinski definition) is 2. The molecule has 1 fully saturated rings. The van der Waals surface area contributed by atoms with Crippen molar-refractivity contribution in [1.82, 2.24) is 4.90 Å². The molecule has 3 aliphatic rings. The van der Waals surface area contributed by atoms with Crippen LogP contribution in [0.4, 0.5) is 0 Å². The Balaban J connectivity index is 1.50. The summed E-state index contributed by atoms with van der Waals surface area (Å²) in [7, 11) is 3.48. The number of aliphatic carboxylic acids is 1. The number of hydrogen-bond acceptors (Lipinski definition) is 11. The first-order valence-corrected chi connectivity index (χ1v) is 14.7. The fraction of sp³-hybridized carbons (Fsp3) is 0.455. The van der Waals surface area contributed by atoms with Crippen molar-refractivity contribution in [2.45, 2.75) is 75.4 Å². The number of fused-ring (bicyclic) bond motifs is 1. The highest BCUT2D eigenvalue weighted by Crippen LogP contribution is 2.62. The summed E-state index contributed by atoms with van der Waals surface area (Å²) in [5, 5.41) is 21.9. The predicted molar refractivity (Wildman–Crippen MR) is 157 cm³/mol. The van der Waals surface area contributed by atoms with Crippen molar-refractivity contribution in [2.24, 2.45) is 0 Å². The van der Waals surface area contributed by atoms with Crippen molar-refractivity contribution in [2.75, 3.05) is 20.7 Å². The number of likely N-dealkylation sites (N-methyl/N-ethyl adjacent to an activating group) is 1. The Morgan fingerprint density at radius 1 is 1.11 bits per heavy atom. The molecule has 2 heterocycles. The number of carbonyl (C=O) groups excluding carboxylic acids is 3. The van der Waals surface area contributed by atoms with E-state index in [2.05, 4.69) is 4.90 Å². The average molecular weight is 624 g/mol. The molecule has 2 aromatic rings. The summed E-state index contributed by atoms with van der Waals surface area (Å²) >= 11 is 0. The topological polar surface area (TPSA) is 158 Å². The zero-order valence-electron chi connectivity index (χ0n) is 25.8. The van der Waals surface area contributed by atoms with E-state index in [4.69, 9.17) is 23.7 Å². The maximum Gasteiger partial charge on any atom is 0.357 e. The summed E-state index contributed by atoms with van der Waals surface area (Å²) < 4.78 is 28.4. The van der Waals surface area contributed by atoms with Crippen molar-refractivity contribution in [1.29, 1.82) is 0 Å². The van der Waals surface area contributed by atoms with Gasteiger partial charge >= 0.3 is 23.9 Å². The third-order valence-electron chi connectivity index (χ3n) is 9.26. The molecule has 2 aromatic carbocycles. The predicted octanol–water partition coefficient (Wildman–Crippen LogP) is 2.98. The van der Waals surface area contributed by atoms with Crippen LogP contribution in [-0.2, 0) is 38.8 Å². The van der Waals surface area contributed by atoms with Crippen LogP contribution in [0, 0.1) is 6.92 Å². The zero-order chi connectivity index (χ0) is 32.7. The molecule has 0 unspecified atom stereocenters. The number of rotatable bonds is 9. The van der Waals surface area contributed by atoms with E-state index in [1.807, 2.05) is 27.0 Å². The minimum Gasteiger partial charge on any atom is -0.493 e. The summed E-state index contributed by atoms with van der Waals surface area (Å²) in [5.41, 5.74) is -0.315. The third-order valence-corrected chi connectivity index (χ3v) is 9.26. The number of ether oxygens (including phenoxy) is 5. The number of carbonyl (C=O) groups is 4. The lowest BCUT2D eigenvalue weighted by Gasteiger charge is -2.58. The van der Waals surface area contributed by atoms with E-state index < -0.39 is 59.6 Å². The number of aryl methyl sites for hydroxylation is 1. The highest BCUT2D eigenvalue weighted by atomic mass is 16.6. The van der Waals surface area contributed by atoms with E-state index in [-0.39, 0.29) is 23.8 Å². The van der Waals surface area contributed by atoms with E-state index in [0.717, 1.165) is 18.1 Å². The molecule has 1 aliphatic carbocycles. The molecule has 1 spiro atoms. The first-order chi connectivity index (χ1) is 21.3. The van der Waals surface area contributed by atoms with E-state index in [9.17, 15) is 29.4 Å². The molecule has 0 bridgehead atoms. The monoisotopic (exact) mass is 623 g/mol. The smallest absolute Gasteiger partial charge is 0.357 e. The number of methoxy groups -OCH3 is 1. The Morgan fingerprint density at radius 2 is 1.82 bits per heavy atom. The fourth-order valence-electron chi connectivity index (χ4n) is 6.92. The van der Waals surface area contributed by atoms with Gasteiger partial charge in [-0.05, 0) is 51.6 Å². The Hall–Kier alpha value is -4.42. The van der Waals surface area contributed by atoms with Crippen molar-refractivity contribution in [3.8, 4) is 11.5 Å². The van der Waals surface area contributed by atoms with Gasteiger partial charge in [-0.3, -0.25) is 9.59 Å². The van der Waals surface area contributed by atoms with Gasteiger partial charge in [-0.1, -0.05) is 36.4 Å². The third kappa shape index (κ3) is 5.42. The molecule has 45 heavy (non-hydrogen) atoms. The van der Waals surface area contributed by atoms with Crippen LogP contribution < -0.4 is 9.47 Å². The summed E-state index contributed by atoms with van der Waals surface area (Å²) in [6, 6.07) is 11.5. The highest BCUT2D eigenvalue weighted by Gasteiger charge is 2.69. The summed E-state index contributed by atoms with van der Waals surface area (Å²) in [5.74, 6) is -3.37. The van der Waals surface area contributed by atoms with Crippen LogP contribution >= 0.6 is 0 Å². The van der Waals surface area contributed by atoms with Gasteiger partial charge in [-0.15, -0.1) is 0 Å². The van der Waals surface area contributed by atoms with Crippen molar-refractivity contribution >= 4 is 23.9 Å². The van der Waals surface area contributed by atoms with E-state index in [1.54, 1.807) is 42.5 Å². The maximum absolute atomic E-state index is 13.9. The SMILES string of the molecule is COc1ccc(C)c2c1O[C@H]1C(OC(=O)[C@@H](OC(=O)C[C@H](OC(C)=O)C(=O)O)c3ccccc3)=CC[C@@]3(O)[C@@H](C)N(C)CC[C@]213. The lowest BCUT2D eigenvalue weighted by Crippen LogP contribution is -2.71. The van der Waals surface area contributed by atoms with Gasteiger partial charge in [0.15, 0.2) is 17.6 Å². The molecule has 12 heteroatoms. The van der Waals surface area contributed by atoms with Crippen LogP contribution in [0.15, 0.2) is 54.3 Å². The highest BCUT2D eigenvalue weighted by molar-refractivity contribution is 5.85. The minimum atomic E-state index is -1.80. The second-order valence-electron chi connectivity index (χ2n) is 11.7. The quantitative estimate of drug-likeness (QED) is 0.311. The Morgan fingerprint density at radius 3 is 2.47 bits per heavy atom. The van der Waals surface area contributed by atoms with Gasteiger partial charge in [0.25, 0.3) is 0 Å². The van der Waals surface area contributed by atoms with Gasteiger partial charge in [0, 0.05) is 30.5 Å². The molecule has 0 amide bonds. The molecular formula is C33H37NO11. The molecule has 5 rings (SSSR count). The van der Waals surface area contributed by atoms with E-state index in [1.165, 1.54) is 7.11 Å². The lowest BCUT2D eigenvalue weighted by atomic mass is 9.54. The van der Waals surface area contributed by atoms with Crippen molar-refractivity contribution in [3.05, 3.63) is 71.0 Å². The molecule has 240 valence electrons. The van der Waals surface area contributed by atoms with Crippen LogP contribution in [0.25, 0.3) is 0 Å². The Bertz CT molecular complexity index is 1540. The number of likely N-dealkylation sites (tertiary alicyclic amines) is 1. The molecule has 2 aliphatic heterocycles. The van der Waals surface area contributed by atoms with Gasteiger partial charge in [0.05, 0.1) is 24.5 Å². The molecule has 12 nitrogen and oxygen atoms in total. The molecule has 0 radical (unpaired) electrons. The van der Waals surface area contributed by atoms with Gasteiger partial charge in [0.1, 0.15) is 5.76 Å². The molecule has 1 saturated heterocycles. The number of carboxylic acid groups (broad SMARTS) is 1. The molecular weight excluding hydrogens is 586 g/mol. The number of piperidine rings is 1. The van der Waals surface area contributed by atoms with Gasteiger partial charge in [0.2, 0.25) is 12.2 Å². The number of aliphatic hydroxyl groups is 1. The second kappa shape index (κ2) is 12.2. The minimum absolute atomic E-state index is 0.148. The van der Waals surface area contributed by atoms with Gasteiger partial charge in [-0.2, -0.15) is 0 Å². The van der Waals surface area contributed by atoms with E-state index >= 15 is 0 Å². The molecule has 0 aromatic heterocycles. The van der Waals surface area contributed by atoms with Gasteiger partial charge in [-0.25, -0.2) is 9.59 Å². The summed E-state index contributed by atoms with van der Waals surface area (Å²) in [6.07, 6.45) is -2.83. The largest absolute Gasteiger partial charge is 0.493 e. The maximum atomic E-state index is 13.9. The summed E-state index contributed by atoms with van der Waals surface area (Å²) in [4.78, 5) is 51.7. The van der Waals surface area contributed by atoms with Crippen LogP contribution in [0.3, 0.4) is 0 Å². The fourth-order valence-corrected chi connectivity index (χ4v) is 6.92. The average Bonchev–Trinajstić information content (AvgIpc) is 3.37. The zero-order valence-corrected chi connectivity index (χ0v) is 25.8. The first-order valence-electron chi connectivity index (χ1n) is 14.7. The molecule has 2 N–H and O–H groups in total. The standard InChI is InChI=1S/C33H37NO11/c1-18-11-12-22(41-5)28-26(18)32-15-16-34(4)19(2)33(32,40)14-13-23(29(32)45-28)43-31(39)27(21-9-7-6-8-10-21)44-25(36)17-24(30(37)38)42-20(3)35/h6-13,19,24,27,29,40H,14-17H2,1-5H3,(H,37,38)/t19-,24+,27+,29+,32+,33-/m1/s1. The van der Waals surface area contributed by atoms with Crippen LogP contribution in [0.1, 0.15) is 55.9 Å². The van der Waals surface area contributed by atoms with E-state index in [0.29, 0.717) is 24.5 Å². The number of benzene rings is 2. The first kappa shape index (κ1) is 32.0. The normalized spacial score (nSPS) is 26.5. The lowest BCUT2D eigenvalue weighted by molar-refractivity contribution is -0.176. The number of carboxylic acids is 1. The Labute approximate surface area is 260 Å². The van der Waals surface area contributed by atoms with Crippen molar-refractivity contribution in [3.63, 3.8) is 0 Å². The molecule has 0 saturated carbocycles. The van der Waals surface area contributed by atoms with Gasteiger partial charge < -0.3 is 38.8 Å². The van der Waals surface area contributed by atoms with Crippen molar-refractivity contribution < 1.29 is 53.1 Å². The Kier molecular flexibility index (Phi) is 8.65. The van der Waals surface area contributed by atoms with Crippen LogP contribution in [0.5, 0.6) is 11.5 Å². The van der Waals surface area contributed by atoms with Crippen LogP contribution in [-0.4, -0.2) is 83.5 Å². The number of esters is 3. The number of nitrogens with zero attached hydrogens (tertiary/aromatic N) is 1. The molecule has 6 atom stereocenters. The summed E-state index contributed by atoms with van der Waals surface area (Å²) in [6.45, 7) is 5.55. The second-order valence-corrected chi connectivity index (χ2v) is 11.7.